The molecule has 4 heteroatoms. The predicted molar refractivity (Wildman–Crippen MR) is 66.2 cm³/mol. The van der Waals surface area contributed by atoms with Crippen LogP contribution >= 0.6 is 0 Å². The summed E-state index contributed by atoms with van der Waals surface area (Å²) in [5.41, 5.74) is 0. The van der Waals surface area contributed by atoms with Crippen molar-refractivity contribution in [1.29, 1.82) is 0 Å². The number of hydrogen-bond donors (Lipinski definition) is 1. The van der Waals surface area contributed by atoms with E-state index in [-0.39, 0.29) is 11.7 Å². The van der Waals surface area contributed by atoms with Crippen LogP contribution in [-0.2, 0) is 4.74 Å². The van der Waals surface area contributed by atoms with Crippen LogP contribution in [0.1, 0.15) is 60.9 Å². The van der Waals surface area contributed by atoms with Crippen LogP contribution in [0.15, 0.2) is 16.5 Å². The summed E-state index contributed by atoms with van der Waals surface area (Å²) < 4.78 is 9.95. The second kappa shape index (κ2) is 6.05. The molecule has 0 aromatic carbocycles. The number of aliphatic hydroxyl groups excluding tert-OH is 1. The minimum absolute atomic E-state index is 0.153. The van der Waals surface area contributed by atoms with Gasteiger partial charge in [0.05, 0.1) is 7.11 Å². The maximum absolute atomic E-state index is 11.3. The Bertz CT molecular complexity index is 388. The quantitative estimate of drug-likeness (QED) is 0.663. The topological polar surface area (TPSA) is 59.7 Å². The molecule has 0 radical (unpaired) electrons. The van der Waals surface area contributed by atoms with Crippen LogP contribution in [0.5, 0.6) is 0 Å². The van der Waals surface area contributed by atoms with Crippen LogP contribution in [0.2, 0.25) is 0 Å². The maximum atomic E-state index is 11.3. The highest BCUT2D eigenvalue weighted by Gasteiger charge is 2.25. The van der Waals surface area contributed by atoms with Crippen LogP contribution < -0.4 is 0 Å². The maximum Gasteiger partial charge on any atom is 0.373 e. The smallest absolute Gasteiger partial charge is 0.373 e. The molecule has 0 bridgehead atoms. The van der Waals surface area contributed by atoms with Crippen molar-refractivity contribution in [3.63, 3.8) is 0 Å². The first-order valence-corrected chi connectivity index (χ1v) is 6.58. The summed E-state index contributed by atoms with van der Waals surface area (Å²) in [6, 6.07) is 3.23. The van der Waals surface area contributed by atoms with Gasteiger partial charge in [0.2, 0.25) is 5.76 Å². The highest BCUT2D eigenvalue weighted by molar-refractivity contribution is 5.86. The second-order valence-electron chi connectivity index (χ2n) is 4.89. The van der Waals surface area contributed by atoms with Crippen molar-refractivity contribution in [3.8, 4) is 0 Å². The van der Waals surface area contributed by atoms with Gasteiger partial charge in [-0.1, -0.05) is 25.7 Å². The summed E-state index contributed by atoms with van der Waals surface area (Å²) in [5, 5.41) is 10.3. The van der Waals surface area contributed by atoms with Gasteiger partial charge in [-0.05, 0) is 30.9 Å². The number of methoxy groups -OCH3 is 1. The molecule has 1 heterocycles. The van der Waals surface area contributed by atoms with Crippen LogP contribution in [0.4, 0.5) is 0 Å². The fourth-order valence-electron chi connectivity index (χ4n) is 2.58. The van der Waals surface area contributed by atoms with Gasteiger partial charge in [-0.2, -0.15) is 0 Å². The van der Waals surface area contributed by atoms with Crippen molar-refractivity contribution in [1.82, 2.24) is 0 Å². The molecule has 1 aliphatic carbocycles. The third-order valence-electron chi connectivity index (χ3n) is 3.65. The third kappa shape index (κ3) is 2.93. The summed E-state index contributed by atoms with van der Waals surface area (Å²) in [6.07, 6.45) is 6.24. The van der Waals surface area contributed by atoms with Gasteiger partial charge in [0.1, 0.15) is 11.9 Å². The average molecular weight is 252 g/mol. The molecule has 1 aliphatic rings. The Labute approximate surface area is 107 Å². The molecule has 0 saturated heterocycles. The first-order valence-electron chi connectivity index (χ1n) is 6.58. The normalized spacial score (nSPS) is 19.2. The third-order valence-corrected chi connectivity index (χ3v) is 3.65. The molecular formula is C14H20O4. The number of hydrogen-bond acceptors (Lipinski definition) is 4. The van der Waals surface area contributed by atoms with Gasteiger partial charge >= 0.3 is 5.97 Å². The van der Waals surface area contributed by atoms with Gasteiger partial charge in [0.25, 0.3) is 0 Å². The summed E-state index contributed by atoms with van der Waals surface area (Å²) in [5.74, 6) is 0.362. The van der Waals surface area contributed by atoms with E-state index in [0.29, 0.717) is 5.76 Å². The molecular weight excluding hydrogens is 232 g/mol. The minimum atomic E-state index is -0.610. The molecule has 1 fully saturated rings. The number of rotatable bonds is 3. The Morgan fingerprint density at radius 1 is 1.33 bits per heavy atom. The predicted octanol–water partition coefficient (Wildman–Crippen LogP) is 3.07. The Morgan fingerprint density at radius 3 is 2.61 bits per heavy atom. The van der Waals surface area contributed by atoms with Crippen molar-refractivity contribution in [3.05, 3.63) is 23.7 Å². The van der Waals surface area contributed by atoms with Crippen molar-refractivity contribution < 1.29 is 19.1 Å². The number of ether oxygens (including phenoxy) is 1. The molecule has 0 spiro atoms. The van der Waals surface area contributed by atoms with E-state index in [1.807, 2.05) is 0 Å². The fraction of sp³-hybridized carbons (Fsp3) is 0.643. The summed E-state index contributed by atoms with van der Waals surface area (Å²) in [6.45, 7) is 0. The molecule has 1 atom stereocenters. The first-order chi connectivity index (χ1) is 8.72. The number of furan rings is 1. The Balaban J connectivity index is 2.05. The molecule has 4 nitrogen and oxygen atoms in total. The van der Waals surface area contributed by atoms with Crippen molar-refractivity contribution in [2.24, 2.45) is 5.92 Å². The van der Waals surface area contributed by atoms with E-state index in [4.69, 9.17) is 4.42 Å². The molecule has 100 valence electrons. The molecule has 1 aromatic heterocycles. The molecule has 0 amide bonds. The Morgan fingerprint density at radius 2 is 2.00 bits per heavy atom. The second-order valence-corrected chi connectivity index (χ2v) is 4.89. The van der Waals surface area contributed by atoms with E-state index in [9.17, 15) is 9.90 Å². The lowest BCUT2D eigenvalue weighted by atomic mass is 9.93. The minimum Gasteiger partial charge on any atom is -0.463 e. The molecule has 1 unspecified atom stereocenters. The summed E-state index contributed by atoms with van der Waals surface area (Å²) >= 11 is 0. The standard InChI is InChI=1S/C14H20O4/c1-17-14(16)12-9-8-11(18-12)13(15)10-6-4-2-3-5-7-10/h8-10,13,15H,2-7H2,1H3. The van der Waals surface area contributed by atoms with E-state index < -0.39 is 12.1 Å². The largest absolute Gasteiger partial charge is 0.463 e. The SMILES string of the molecule is COC(=O)c1ccc(C(O)C2CCCCCC2)o1. The van der Waals surface area contributed by atoms with Crippen LogP contribution in [0.25, 0.3) is 0 Å². The van der Waals surface area contributed by atoms with E-state index >= 15 is 0 Å². The average Bonchev–Trinajstić information content (AvgIpc) is 2.72. The van der Waals surface area contributed by atoms with Gasteiger partial charge in [0, 0.05) is 0 Å². The van der Waals surface area contributed by atoms with Crippen molar-refractivity contribution in [2.45, 2.75) is 44.6 Å². The number of carbonyl (C=O) groups is 1. The van der Waals surface area contributed by atoms with Crippen LogP contribution in [-0.4, -0.2) is 18.2 Å². The summed E-state index contributed by atoms with van der Waals surface area (Å²) in [4.78, 5) is 11.3. The molecule has 2 rings (SSSR count). The van der Waals surface area contributed by atoms with Gasteiger partial charge in [0.15, 0.2) is 0 Å². The monoisotopic (exact) mass is 252 g/mol. The Kier molecular flexibility index (Phi) is 4.42. The zero-order chi connectivity index (χ0) is 13.0. The van der Waals surface area contributed by atoms with Crippen molar-refractivity contribution >= 4 is 5.97 Å². The lowest BCUT2D eigenvalue weighted by Gasteiger charge is -2.19. The van der Waals surface area contributed by atoms with E-state index in [0.717, 1.165) is 25.7 Å². The van der Waals surface area contributed by atoms with E-state index in [1.54, 1.807) is 12.1 Å². The van der Waals surface area contributed by atoms with E-state index in [2.05, 4.69) is 4.74 Å². The highest BCUT2D eigenvalue weighted by atomic mass is 16.5. The molecule has 0 aliphatic heterocycles. The number of aliphatic hydroxyl groups is 1. The van der Waals surface area contributed by atoms with Crippen molar-refractivity contribution in [2.75, 3.05) is 7.11 Å². The fourth-order valence-corrected chi connectivity index (χ4v) is 2.58. The summed E-state index contributed by atoms with van der Waals surface area (Å²) in [7, 11) is 1.31. The van der Waals surface area contributed by atoms with Gasteiger partial charge in [-0.15, -0.1) is 0 Å². The number of carbonyl (C=O) groups excluding carboxylic acids is 1. The highest BCUT2D eigenvalue weighted by Crippen LogP contribution is 2.34. The molecule has 1 aromatic rings. The zero-order valence-corrected chi connectivity index (χ0v) is 10.7. The van der Waals surface area contributed by atoms with Gasteiger partial charge in [-0.3, -0.25) is 0 Å². The molecule has 18 heavy (non-hydrogen) atoms. The lowest BCUT2D eigenvalue weighted by molar-refractivity contribution is 0.0528. The molecule has 1 N–H and O–H groups in total. The van der Waals surface area contributed by atoms with Crippen LogP contribution in [0.3, 0.4) is 0 Å². The van der Waals surface area contributed by atoms with E-state index in [1.165, 1.54) is 20.0 Å². The van der Waals surface area contributed by atoms with Gasteiger partial charge in [-0.25, -0.2) is 4.79 Å². The molecule has 1 saturated carbocycles. The zero-order valence-electron chi connectivity index (χ0n) is 10.7. The number of esters is 1. The lowest BCUT2D eigenvalue weighted by Crippen LogP contribution is -2.11. The van der Waals surface area contributed by atoms with Crippen LogP contribution in [0, 0.1) is 5.92 Å². The Hall–Kier alpha value is -1.29. The first kappa shape index (κ1) is 13.1. The van der Waals surface area contributed by atoms with Gasteiger partial charge < -0.3 is 14.3 Å².